The van der Waals surface area contributed by atoms with Crippen molar-refractivity contribution in [3.63, 3.8) is 0 Å². The average Bonchev–Trinajstić information content (AvgIpc) is 3.05. The zero-order valence-electron chi connectivity index (χ0n) is 14.1. The second-order valence-electron chi connectivity index (χ2n) is 5.94. The molecule has 0 saturated carbocycles. The summed E-state index contributed by atoms with van der Waals surface area (Å²) < 4.78 is 40.4. The fourth-order valence-electron chi connectivity index (χ4n) is 3.02. The van der Waals surface area contributed by atoms with Gasteiger partial charge in [0, 0.05) is 12.7 Å². The lowest BCUT2D eigenvalue weighted by atomic mass is 10.3. The Morgan fingerprint density at radius 3 is 2.88 bits per heavy atom. The first-order valence-corrected chi connectivity index (χ1v) is 9.60. The first-order valence-electron chi connectivity index (χ1n) is 8.12. The quantitative estimate of drug-likeness (QED) is 0.727. The van der Waals surface area contributed by atoms with Gasteiger partial charge in [0.2, 0.25) is 10.0 Å². The van der Waals surface area contributed by atoms with Crippen LogP contribution in [0, 0.1) is 0 Å². The molecule has 0 saturated heterocycles. The first-order chi connectivity index (χ1) is 12.6. The summed E-state index contributed by atoms with van der Waals surface area (Å²) in [4.78, 5) is 9.07. The third-order valence-electron chi connectivity index (χ3n) is 4.31. The fourth-order valence-corrected chi connectivity index (χ4v) is 4.09. The Labute approximate surface area is 150 Å². The molecule has 1 atom stereocenters. The van der Waals surface area contributed by atoms with Gasteiger partial charge in [-0.1, -0.05) is 0 Å². The second kappa shape index (κ2) is 6.67. The van der Waals surface area contributed by atoms with Crippen LogP contribution in [0.25, 0.3) is 11.2 Å². The molecule has 0 fully saturated rings. The molecule has 0 amide bonds. The van der Waals surface area contributed by atoms with Crippen LogP contribution in [-0.2, 0) is 21.4 Å². The van der Waals surface area contributed by atoms with E-state index in [-0.39, 0.29) is 17.5 Å². The van der Waals surface area contributed by atoms with E-state index in [1.54, 1.807) is 18.3 Å². The molecule has 0 unspecified atom stereocenters. The van der Waals surface area contributed by atoms with Gasteiger partial charge in [0.05, 0.1) is 24.7 Å². The number of benzene rings is 1. The highest BCUT2D eigenvalue weighted by atomic mass is 32.2. The highest BCUT2D eigenvalue weighted by Gasteiger charge is 2.26. The van der Waals surface area contributed by atoms with Gasteiger partial charge in [0.1, 0.15) is 23.7 Å². The maximum atomic E-state index is 12.6. The van der Waals surface area contributed by atoms with Crippen molar-refractivity contribution in [1.29, 1.82) is 0 Å². The number of ether oxygens (including phenoxy) is 2. The monoisotopic (exact) mass is 374 g/mol. The number of rotatable bonds is 5. The Balaban J connectivity index is 1.57. The fraction of sp³-hybridized carbons (Fsp3) is 0.294. The van der Waals surface area contributed by atoms with Crippen LogP contribution < -0.4 is 9.46 Å². The standard InChI is InChI=1S/C17H18N4O4S/c1-24-13-4-6-14(7-5-13)26(22,23)19-9-12-10-25-11-16-20-15-3-2-8-18-17(15)21(12)16/h2-8,12,19H,9-11H2,1H3/t12-/m0/s1. The maximum absolute atomic E-state index is 12.6. The van der Waals surface area contributed by atoms with E-state index in [1.807, 2.05) is 16.7 Å². The summed E-state index contributed by atoms with van der Waals surface area (Å²) in [6.45, 7) is 0.960. The number of hydrogen-bond donors (Lipinski definition) is 1. The molecule has 1 N–H and O–H groups in total. The minimum atomic E-state index is -3.64. The van der Waals surface area contributed by atoms with Gasteiger partial charge < -0.3 is 14.0 Å². The number of pyridine rings is 1. The molecule has 3 heterocycles. The summed E-state index contributed by atoms with van der Waals surface area (Å²) in [7, 11) is -2.11. The summed E-state index contributed by atoms with van der Waals surface area (Å²) >= 11 is 0. The molecule has 136 valence electrons. The van der Waals surface area contributed by atoms with Crippen LogP contribution >= 0.6 is 0 Å². The van der Waals surface area contributed by atoms with Gasteiger partial charge in [-0.25, -0.2) is 23.1 Å². The summed E-state index contributed by atoms with van der Waals surface area (Å²) in [5.74, 6) is 1.35. The molecule has 0 bridgehead atoms. The Bertz CT molecular complexity index is 1030. The molecule has 1 aliphatic rings. The number of aromatic nitrogens is 3. The Kier molecular flexibility index (Phi) is 4.35. The molecule has 0 aliphatic carbocycles. The van der Waals surface area contributed by atoms with Crippen LogP contribution in [0.1, 0.15) is 11.9 Å². The van der Waals surface area contributed by atoms with E-state index in [1.165, 1.54) is 19.2 Å². The lowest BCUT2D eigenvalue weighted by molar-refractivity contribution is 0.0578. The Morgan fingerprint density at radius 2 is 2.12 bits per heavy atom. The molecular weight excluding hydrogens is 356 g/mol. The molecule has 3 aromatic rings. The van der Waals surface area contributed by atoms with Crippen LogP contribution in [0.4, 0.5) is 0 Å². The number of sulfonamides is 1. The zero-order valence-corrected chi connectivity index (χ0v) is 14.9. The minimum absolute atomic E-state index is 0.184. The molecular formula is C17H18N4O4S. The number of imidazole rings is 1. The highest BCUT2D eigenvalue weighted by molar-refractivity contribution is 7.89. The van der Waals surface area contributed by atoms with Crippen LogP contribution in [0.5, 0.6) is 5.75 Å². The predicted molar refractivity (Wildman–Crippen MR) is 94.4 cm³/mol. The van der Waals surface area contributed by atoms with Gasteiger partial charge in [-0.15, -0.1) is 0 Å². The number of nitrogens with zero attached hydrogens (tertiary/aromatic N) is 3. The average molecular weight is 374 g/mol. The molecule has 26 heavy (non-hydrogen) atoms. The molecule has 1 aromatic carbocycles. The molecule has 0 spiro atoms. The zero-order chi connectivity index (χ0) is 18.1. The number of fused-ring (bicyclic) bond motifs is 3. The molecule has 2 aromatic heterocycles. The van der Waals surface area contributed by atoms with Crippen molar-refractivity contribution in [2.75, 3.05) is 20.3 Å². The minimum Gasteiger partial charge on any atom is -0.497 e. The van der Waals surface area contributed by atoms with Crippen molar-refractivity contribution in [2.24, 2.45) is 0 Å². The van der Waals surface area contributed by atoms with Gasteiger partial charge >= 0.3 is 0 Å². The van der Waals surface area contributed by atoms with E-state index in [0.717, 1.165) is 17.0 Å². The van der Waals surface area contributed by atoms with Gasteiger partial charge in [0.15, 0.2) is 5.65 Å². The topological polar surface area (TPSA) is 95.3 Å². The molecule has 4 rings (SSSR count). The number of nitrogens with one attached hydrogen (secondary N) is 1. The van der Waals surface area contributed by atoms with Crippen LogP contribution in [0.15, 0.2) is 47.5 Å². The van der Waals surface area contributed by atoms with Crippen molar-refractivity contribution < 1.29 is 17.9 Å². The van der Waals surface area contributed by atoms with Gasteiger partial charge in [-0.05, 0) is 36.4 Å². The summed E-state index contributed by atoms with van der Waals surface area (Å²) in [6, 6.07) is 9.74. The molecule has 9 heteroatoms. The predicted octanol–water partition coefficient (Wildman–Crippen LogP) is 1.49. The van der Waals surface area contributed by atoms with Crippen molar-refractivity contribution in [2.45, 2.75) is 17.5 Å². The van der Waals surface area contributed by atoms with Crippen LogP contribution in [0.3, 0.4) is 0 Å². The SMILES string of the molecule is COc1ccc(S(=O)(=O)NC[C@H]2COCc3nc4cccnc4n32)cc1. The Hall–Kier alpha value is -2.49. The summed E-state index contributed by atoms with van der Waals surface area (Å²) in [6.07, 6.45) is 1.70. The first kappa shape index (κ1) is 17.0. The summed E-state index contributed by atoms with van der Waals surface area (Å²) in [5, 5.41) is 0. The maximum Gasteiger partial charge on any atom is 0.240 e. The van der Waals surface area contributed by atoms with Crippen molar-refractivity contribution in [1.82, 2.24) is 19.3 Å². The lowest BCUT2D eigenvalue weighted by Crippen LogP contribution is -2.35. The van der Waals surface area contributed by atoms with Crippen LogP contribution in [0.2, 0.25) is 0 Å². The third-order valence-corrected chi connectivity index (χ3v) is 5.75. The van der Waals surface area contributed by atoms with Crippen molar-refractivity contribution in [3.05, 3.63) is 48.4 Å². The molecule has 0 radical (unpaired) electrons. The smallest absolute Gasteiger partial charge is 0.240 e. The highest BCUT2D eigenvalue weighted by Crippen LogP contribution is 2.24. The van der Waals surface area contributed by atoms with Gasteiger partial charge in [0.25, 0.3) is 0 Å². The largest absolute Gasteiger partial charge is 0.497 e. The van der Waals surface area contributed by atoms with E-state index < -0.39 is 10.0 Å². The normalized spacial score (nSPS) is 17.2. The van der Waals surface area contributed by atoms with Crippen LogP contribution in [-0.4, -0.2) is 43.2 Å². The molecule has 8 nitrogen and oxygen atoms in total. The second-order valence-corrected chi connectivity index (χ2v) is 7.71. The lowest BCUT2D eigenvalue weighted by Gasteiger charge is -2.25. The van der Waals surface area contributed by atoms with E-state index in [2.05, 4.69) is 14.7 Å². The van der Waals surface area contributed by atoms with E-state index >= 15 is 0 Å². The number of methoxy groups -OCH3 is 1. The van der Waals surface area contributed by atoms with E-state index in [4.69, 9.17) is 9.47 Å². The summed E-state index contributed by atoms with van der Waals surface area (Å²) in [5.41, 5.74) is 1.51. The van der Waals surface area contributed by atoms with Crippen molar-refractivity contribution in [3.8, 4) is 5.75 Å². The Morgan fingerprint density at radius 1 is 1.31 bits per heavy atom. The molecule has 1 aliphatic heterocycles. The van der Waals surface area contributed by atoms with Gasteiger partial charge in [-0.2, -0.15) is 0 Å². The van der Waals surface area contributed by atoms with E-state index in [0.29, 0.717) is 19.0 Å². The van der Waals surface area contributed by atoms with E-state index in [9.17, 15) is 8.42 Å². The van der Waals surface area contributed by atoms with Crippen molar-refractivity contribution >= 4 is 21.2 Å². The number of hydrogen-bond acceptors (Lipinski definition) is 6. The van der Waals surface area contributed by atoms with Gasteiger partial charge in [-0.3, -0.25) is 0 Å². The third kappa shape index (κ3) is 3.05.